The second-order valence-electron chi connectivity index (χ2n) is 3.87. The molecule has 1 N–H and O–H groups in total. The fraction of sp³-hybridized carbons (Fsp3) is 0. The van der Waals surface area contributed by atoms with E-state index in [1.807, 2.05) is 0 Å². The average molecular weight is 347 g/mol. The van der Waals surface area contributed by atoms with Crippen LogP contribution in [0.25, 0.3) is 0 Å². The van der Waals surface area contributed by atoms with Crippen molar-refractivity contribution in [2.45, 2.75) is 0 Å². The molecule has 9 heteroatoms. The highest BCUT2D eigenvalue weighted by Crippen LogP contribution is 2.27. The molecule has 6 nitrogen and oxygen atoms in total. The van der Waals surface area contributed by atoms with Crippen LogP contribution >= 0.6 is 34.8 Å². The van der Waals surface area contributed by atoms with Gasteiger partial charge in [-0.25, -0.2) is 4.98 Å². The Morgan fingerprint density at radius 1 is 1.24 bits per heavy atom. The summed E-state index contributed by atoms with van der Waals surface area (Å²) in [6.07, 6.45) is 0.967. The Bertz CT molecular complexity index is 737. The number of nitrogens with zero attached hydrogens (tertiary/aromatic N) is 2. The van der Waals surface area contributed by atoms with Gasteiger partial charge in [0.05, 0.1) is 21.2 Å². The van der Waals surface area contributed by atoms with E-state index in [9.17, 15) is 14.9 Å². The molecule has 0 radical (unpaired) electrons. The predicted octanol–water partition coefficient (Wildman–Crippen LogP) is 4.20. The molecule has 0 aliphatic rings. The number of carbonyl (C=O) groups excluding carboxylic acids is 1. The molecule has 0 bridgehead atoms. The second-order valence-corrected chi connectivity index (χ2v) is 5.07. The minimum Gasteiger partial charge on any atom is -0.321 e. The van der Waals surface area contributed by atoms with E-state index in [2.05, 4.69) is 10.3 Å². The van der Waals surface area contributed by atoms with Gasteiger partial charge in [-0.3, -0.25) is 14.9 Å². The van der Waals surface area contributed by atoms with Gasteiger partial charge in [0.2, 0.25) is 0 Å². The number of rotatable bonds is 3. The summed E-state index contributed by atoms with van der Waals surface area (Å²) in [6.45, 7) is 0. The Morgan fingerprint density at radius 2 is 1.95 bits per heavy atom. The van der Waals surface area contributed by atoms with Crippen LogP contribution in [-0.2, 0) is 0 Å². The van der Waals surface area contributed by atoms with E-state index in [0.29, 0.717) is 10.7 Å². The average Bonchev–Trinajstić information content (AvgIpc) is 2.42. The second kappa shape index (κ2) is 6.26. The molecule has 0 aliphatic carbocycles. The van der Waals surface area contributed by atoms with Crippen molar-refractivity contribution in [1.29, 1.82) is 0 Å². The molecule has 0 saturated heterocycles. The van der Waals surface area contributed by atoms with Crippen LogP contribution in [0.5, 0.6) is 0 Å². The molecule has 0 spiro atoms. The summed E-state index contributed by atoms with van der Waals surface area (Å²) >= 11 is 17.5. The zero-order chi connectivity index (χ0) is 15.6. The monoisotopic (exact) mass is 345 g/mol. The summed E-state index contributed by atoms with van der Waals surface area (Å²) in [5.41, 5.74) is -0.169. The standard InChI is InChI=1S/C12H6Cl3N3O3/c13-6-1-2-10(9(14)3-6)17-12(19)8-4-7(18(20)21)5-16-11(8)15/h1-5H,(H,17,19). The van der Waals surface area contributed by atoms with Gasteiger partial charge in [-0.1, -0.05) is 34.8 Å². The minimum atomic E-state index is -0.671. The highest BCUT2D eigenvalue weighted by Gasteiger charge is 2.18. The fourth-order valence-electron chi connectivity index (χ4n) is 1.48. The topological polar surface area (TPSA) is 85.1 Å². The highest BCUT2D eigenvalue weighted by molar-refractivity contribution is 6.37. The molecule has 1 aromatic carbocycles. The first-order valence-electron chi connectivity index (χ1n) is 5.45. The number of pyridine rings is 1. The minimum absolute atomic E-state index is 0.128. The normalized spacial score (nSPS) is 10.2. The fourth-order valence-corrected chi connectivity index (χ4v) is 2.12. The maximum Gasteiger partial charge on any atom is 0.288 e. The molecule has 1 amide bonds. The SMILES string of the molecule is O=C(Nc1ccc(Cl)cc1Cl)c1cc([N+](=O)[O-])cnc1Cl. The highest BCUT2D eigenvalue weighted by atomic mass is 35.5. The molecule has 0 saturated carbocycles. The largest absolute Gasteiger partial charge is 0.321 e. The van der Waals surface area contributed by atoms with Crippen LogP contribution in [0, 0.1) is 10.1 Å². The Kier molecular flexibility index (Phi) is 4.62. The van der Waals surface area contributed by atoms with Gasteiger partial charge < -0.3 is 5.32 Å². The van der Waals surface area contributed by atoms with Gasteiger partial charge >= 0.3 is 0 Å². The van der Waals surface area contributed by atoms with Crippen molar-refractivity contribution in [3.63, 3.8) is 0 Å². The third-order valence-electron chi connectivity index (χ3n) is 2.46. The van der Waals surface area contributed by atoms with Gasteiger partial charge in [0.15, 0.2) is 0 Å². The molecule has 108 valence electrons. The number of hydrogen-bond donors (Lipinski definition) is 1. The van der Waals surface area contributed by atoms with Crippen molar-refractivity contribution in [3.8, 4) is 0 Å². The van der Waals surface area contributed by atoms with Crippen molar-refractivity contribution >= 4 is 52.1 Å². The van der Waals surface area contributed by atoms with Crippen LogP contribution in [0.3, 0.4) is 0 Å². The van der Waals surface area contributed by atoms with E-state index >= 15 is 0 Å². The van der Waals surface area contributed by atoms with Crippen LogP contribution in [0.1, 0.15) is 10.4 Å². The smallest absolute Gasteiger partial charge is 0.288 e. The lowest BCUT2D eigenvalue weighted by molar-refractivity contribution is -0.385. The number of aromatic nitrogens is 1. The van der Waals surface area contributed by atoms with Crippen LogP contribution in [-0.4, -0.2) is 15.8 Å². The first kappa shape index (κ1) is 15.5. The Labute approximate surface area is 133 Å². The molecule has 0 atom stereocenters. The number of halogens is 3. The van der Waals surface area contributed by atoms with E-state index in [1.165, 1.54) is 18.2 Å². The molecule has 1 heterocycles. The van der Waals surface area contributed by atoms with E-state index in [-0.39, 0.29) is 21.4 Å². The Hall–Kier alpha value is -1.89. The number of carbonyl (C=O) groups is 1. The van der Waals surface area contributed by atoms with E-state index in [4.69, 9.17) is 34.8 Å². The van der Waals surface area contributed by atoms with Gasteiger partial charge in [-0.15, -0.1) is 0 Å². The predicted molar refractivity (Wildman–Crippen MR) is 80.3 cm³/mol. The molecular weight excluding hydrogens is 341 g/mol. The van der Waals surface area contributed by atoms with Crippen LogP contribution < -0.4 is 5.32 Å². The molecule has 2 aromatic rings. The number of nitro groups is 1. The summed E-state index contributed by atoms with van der Waals surface area (Å²) in [7, 11) is 0. The zero-order valence-corrected chi connectivity index (χ0v) is 12.4. The first-order valence-corrected chi connectivity index (χ1v) is 6.58. The molecule has 0 fully saturated rings. The van der Waals surface area contributed by atoms with Crippen molar-refractivity contribution in [1.82, 2.24) is 4.98 Å². The van der Waals surface area contributed by atoms with E-state index in [0.717, 1.165) is 12.3 Å². The van der Waals surface area contributed by atoms with Gasteiger partial charge in [0.25, 0.3) is 11.6 Å². The summed E-state index contributed by atoms with van der Waals surface area (Å²) in [5.74, 6) is -0.666. The van der Waals surface area contributed by atoms with Crippen molar-refractivity contribution < 1.29 is 9.72 Å². The van der Waals surface area contributed by atoms with Crippen molar-refractivity contribution in [2.24, 2.45) is 0 Å². The molecule has 2 rings (SSSR count). The lowest BCUT2D eigenvalue weighted by Gasteiger charge is -2.08. The molecule has 21 heavy (non-hydrogen) atoms. The lowest BCUT2D eigenvalue weighted by Crippen LogP contribution is -2.13. The van der Waals surface area contributed by atoms with Crippen molar-refractivity contribution in [2.75, 3.05) is 5.32 Å². The van der Waals surface area contributed by atoms with Gasteiger partial charge in [0, 0.05) is 11.1 Å². The Balaban J connectivity index is 2.32. The van der Waals surface area contributed by atoms with E-state index in [1.54, 1.807) is 0 Å². The summed E-state index contributed by atoms with van der Waals surface area (Å²) in [6, 6.07) is 5.53. The molecule has 0 aliphatic heterocycles. The number of benzene rings is 1. The van der Waals surface area contributed by atoms with Crippen molar-refractivity contribution in [3.05, 3.63) is 61.3 Å². The van der Waals surface area contributed by atoms with Crippen LogP contribution in [0.15, 0.2) is 30.5 Å². The maximum atomic E-state index is 12.1. The van der Waals surface area contributed by atoms with Crippen LogP contribution in [0.2, 0.25) is 15.2 Å². The first-order chi connectivity index (χ1) is 9.88. The number of nitrogens with one attached hydrogen (secondary N) is 1. The zero-order valence-electron chi connectivity index (χ0n) is 10.1. The van der Waals surface area contributed by atoms with Crippen LogP contribution in [0.4, 0.5) is 11.4 Å². The third-order valence-corrected chi connectivity index (χ3v) is 3.31. The third kappa shape index (κ3) is 3.60. The lowest BCUT2D eigenvalue weighted by atomic mass is 10.2. The van der Waals surface area contributed by atoms with Gasteiger partial charge in [-0.05, 0) is 18.2 Å². The van der Waals surface area contributed by atoms with E-state index < -0.39 is 10.8 Å². The molecule has 0 unspecified atom stereocenters. The summed E-state index contributed by atoms with van der Waals surface area (Å²) < 4.78 is 0. The number of amides is 1. The molecular formula is C12H6Cl3N3O3. The number of hydrogen-bond acceptors (Lipinski definition) is 4. The number of anilines is 1. The quantitative estimate of drug-likeness (QED) is 0.512. The van der Waals surface area contributed by atoms with Gasteiger partial charge in [0.1, 0.15) is 11.3 Å². The summed E-state index contributed by atoms with van der Waals surface area (Å²) in [5, 5.41) is 13.7. The maximum absolute atomic E-state index is 12.1. The van der Waals surface area contributed by atoms with Gasteiger partial charge in [-0.2, -0.15) is 0 Å². The Morgan fingerprint density at radius 3 is 2.57 bits per heavy atom. The molecule has 1 aromatic heterocycles. The summed E-state index contributed by atoms with van der Waals surface area (Å²) in [4.78, 5) is 25.7.